The van der Waals surface area contributed by atoms with E-state index in [1.54, 1.807) is 11.3 Å². The number of hydrogen-bond acceptors (Lipinski definition) is 3. The smallest absolute Gasteiger partial charge is 0.119 e. The second-order valence-electron chi connectivity index (χ2n) is 5.04. The van der Waals surface area contributed by atoms with E-state index < -0.39 is 0 Å². The van der Waals surface area contributed by atoms with E-state index in [4.69, 9.17) is 10.5 Å². The van der Waals surface area contributed by atoms with Gasteiger partial charge in [-0.1, -0.05) is 12.1 Å². The quantitative estimate of drug-likeness (QED) is 0.921. The summed E-state index contributed by atoms with van der Waals surface area (Å²) in [5.41, 5.74) is 8.84. The fraction of sp³-hybridized carbons (Fsp3) is 0.375. The van der Waals surface area contributed by atoms with Crippen LogP contribution < -0.4 is 10.5 Å². The number of ether oxygens (including phenoxy) is 1. The molecule has 0 aliphatic heterocycles. The van der Waals surface area contributed by atoms with Gasteiger partial charge in [-0.25, -0.2) is 0 Å². The number of thiophene rings is 1. The Hall–Kier alpha value is -1.32. The van der Waals surface area contributed by atoms with Gasteiger partial charge in [-0.2, -0.15) is 0 Å². The van der Waals surface area contributed by atoms with Crippen LogP contribution in [0.5, 0.6) is 5.75 Å². The molecule has 0 spiro atoms. The maximum Gasteiger partial charge on any atom is 0.119 e. The van der Waals surface area contributed by atoms with E-state index in [1.807, 2.05) is 0 Å². The van der Waals surface area contributed by atoms with Gasteiger partial charge in [0.15, 0.2) is 0 Å². The zero-order chi connectivity index (χ0) is 13.1. The lowest BCUT2D eigenvalue weighted by molar-refractivity contribution is 0.322. The average Bonchev–Trinajstić information content (AvgIpc) is 2.93. The summed E-state index contributed by atoms with van der Waals surface area (Å²) in [6.45, 7) is 0.731. The Bertz CT molecular complexity index is 536. The van der Waals surface area contributed by atoms with Crippen molar-refractivity contribution in [2.75, 3.05) is 6.61 Å². The lowest BCUT2D eigenvalue weighted by Crippen LogP contribution is -2.17. The zero-order valence-corrected chi connectivity index (χ0v) is 11.8. The molecule has 2 N–H and O–H groups in total. The number of fused-ring (bicyclic) bond motifs is 1. The first-order chi connectivity index (χ1) is 9.33. The molecule has 100 valence electrons. The van der Waals surface area contributed by atoms with Crippen LogP contribution in [0.2, 0.25) is 0 Å². The minimum atomic E-state index is 0.185. The monoisotopic (exact) mass is 273 g/mol. The Morgan fingerprint density at radius 3 is 3.11 bits per heavy atom. The van der Waals surface area contributed by atoms with E-state index in [9.17, 15) is 0 Å². The minimum absolute atomic E-state index is 0.185. The Balaban J connectivity index is 1.63. The molecule has 0 radical (unpaired) electrons. The van der Waals surface area contributed by atoms with Gasteiger partial charge in [0.2, 0.25) is 0 Å². The van der Waals surface area contributed by atoms with Crippen molar-refractivity contribution in [3.63, 3.8) is 0 Å². The van der Waals surface area contributed by atoms with Crippen molar-refractivity contribution < 1.29 is 4.74 Å². The maximum absolute atomic E-state index is 6.17. The van der Waals surface area contributed by atoms with Crippen LogP contribution in [-0.4, -0.2) is 6.61 Å². The van der Waals surface area contributed by atoms with Gasteiger partial charge in [-0.15, -0.1) is 11.3 Å². The average molecular weight is 273 g/mol. The van der Waals surface area contributed by atoms with Crippen LogP contribution in [0.4, 0.5) is 0 Å². The molecular formula is C16H19NOS. The third-order valence-electron chi connectivity index (χ3n) is 3.68. The lowest BCUT2D eigenvalue weighted by atomic mass is 9.88. The van der Waals surface area contributed by atoms with Gasteiger partial charge in [-0.3, -0.25) is 0 Å². The van der Waals surface area contributed by atoms with Crippen LogP contribution in [0.3, 0.4) is 0 Å². The molecule has 19 heavy (non-hydrogen) atoms. The summed E-state index contributed by atoms with van der Waals surface area (Å²) in [5.74, 6) is 0.952. The summed E-state index contributed by atoms with van der Waals surface area (Å²) in [6.07, 6.45) is 4.41. The third-order valence-corrected chi connectivity index (χ3v) is 4.61. The molecule has 1 heterocycles. The molecule has 1 aromatic carbocycles. The van der Waals surface area contributed by atoms with E-state index in [0.29, 0.717) is 0 Å². The number of benzene rings is 1. The fourth-order valence-electron chi connectivity index (χ4n) is 2.63. The van der Waals surface area contributed by atoms with Crippen molar-refractivity contribution in [2.24, 2.45) is 5.73 Å². The number of rotatable bonds is 4. The summed E-state index contributed by atoms with van der Waals surface area (Å²) in [7, 11) is 0. The van der Waals surface area contributed by atoms with Gasteiger partial charge >= 0.3 is 0 Å². The number of aryl methyl sites for hydroxylation is 1. The second kappa shape index (κ2) is 5.76. The molecule has 1 aliphatic carbocycles. The topological polar surface area (TPSA) is 35.2 Å². The predicted molar refractivity (Wildman–Crippen MR) is 79.8 cm³/mol. The molecule has 0 fully saturated rings. The first-order valence-corrected chi connectivity index (χ1v) is 7.74. The SMILES string of the molecule is N[C@@H]1CCCc2ccc(OCCc3cccs3)cc21. The summed E-state index contributed by atoms with van der Waals surface area (Å²) < 4.78 is 5.84. The van der Waals surface area contributed by atoms with Crippen LogP contribution in [0.25, 0.3) is 0 Å². The van der Waals surface area contributed by atoms with Gasteiger partial charge < -0.3 is 10.5 Å². The van der Waals surface area contributed by atoms with Crippen molar-refractivity contribution in [1.29, 1.82) is 0 Å². The summed E-state index contributed by atoms with van der Waals surface area (Å²) in [6, 6.07) is 10.8. The van der Waals surface area contributed by atoms with Crippen molar-refractivity contribution in [1.82, 2.24) is 0 Å². The van der Waals surface area contributed by atoms with E-state index in [2.05, 4.69) is 35.7 Å². The first kappa shape index (κ1) is 12.7. The molecule has 0 amide bonds. The van der Waals surface area contributed by atoms with Gasteiger partial charge in [0, 0.05) is 17.3 Å². The van der Waals surface area contributed by atoms with Crippen LogP contribution in [0.1, 0.15) is 34.9 Å². The van der Waals surface area contributed by atoms with E-state index in [1.165, 1.54) is 22.4 Å². The molecule has 0 unspecified atom stereocenters. The van der Waals surface area contributed by atoms with Crippen LogP contribution in [0, 0.1) is 0 Å². The molecule has 2 nitrogen and oxygen atoms in total. The Labute approximate surface area is 118 Å². The molecule has 3 heteroatoms. The first-order valence-electron chi connectivity index (χ1n) is 6.86. The molecule has 0 saturated carbocycles. The Kier molecular flexibility index (Phi) is 3.85. The maximum atomic E-state index is 6.17. The molecule has 0 bridgehead atoms. The highest BCUT2D eigenvalue weighted by molar-refractivity contribution is 7.09. The predicted octanol–water partition coefficient (Wildman–Crippen LogP) is 3.71. The molecule has 3 rings (SSSR count). The van der Waals surface area contributed by atoms with Crippen molar-refractivity contribution in [3.05, 3.63) is 51.7 Å². The van der Waals surface area contributed by atoms with Crippen LogP contribution in [-0.2, 0) is 12.8 Å². The van der Waals surface area contributed by atoms with Crippen molar-refractivity contribution >= 4 is 11.3 Å². The van der Waals surface area contributed by atoms with E-state index in [-0.39, 0.29) is 6.04 Å². The molecule has 2 aromatic rings. The largest absolute Gasteiger partial charge is 0.493 e. The molecule has 1 aliphatic rings. The normalized spacial score (nSPS) is 18.1. The van der Waals surface area contributed by atoms with Gasteiger partial charge in [0.25, 0.3) is 0 Å². The van der Waals surface area contributed by atoms with Crippen molar-refractivity contribution in [3.8, 4) is 5.75 Å². The Morgan fingerprint density at radius 1 is 1.32 bits per heavy atom. The van der Waals surface area contributed by atoms with E-state index >= 15 is 0 Å². The van der Waals surface area contributed by atoms with Gasteiger partial charge in [-0.05, 0) is 54.0 Å². The number of hydrogen-bond donors (Lipinski definition) is 1. The summed E-state index contributed by atoms with van der Waals surface area (Å²) in [4.78, 5) is 1.37. The van der Waals surface area contributed by atoms with Crippen LogP contribution >= 0.6 is 11.3 Å². The summed E-state index contributed by atoms with van der Waals surface area (Å²) >= 11 is 1.78. The minimum Gasteiger partial charge on any atom is -0.493 e. The second-order valence-corrected chi connectivity index (χ2v) is 6.07. The molecule has 1 atom stereocenters. The molecule has 1 aromatic heterocycles. The summed E-state index contributed by atoms with van der Waals surface area (Å²) in [5, 5.41) is 2.10. The highest BCUT2D eigenvalue weighted by atomic mass is 32.1. The van der Waals surface area contributed by atoms with Gasteiger partial charge in [0.1, 0.15) is 5.75 Å². The fourth-order valence-corrected chi connectivity index (χ4v) is 3.32. The van der Waals surface area contributed by atoms with Crippen LogP contribution in [0.15, 0.2) is 35.7 Å². The highest BCUT2D eigenvalue weighted by Crippen LogP contribution is 2.30. The molecule has 0 saturated heterocycles. The number of nitrogens with two attached hydrogens (primary N) is 1. The zero-order valence-electron chi connectivity index (χ0n) is 11.0. The van der Waals surface area contributed by atoms with Gasteiger partial charge in [0.05, 0.1) is 6.61 Å². The van der Waals surface area contributed by atoms with E-state index in [0.717, 1.165) is 31.6 Å². The lowest BCUT2D eigenvalue weighted by Gasteiger charge is -2.22. The Morgan fingerprint density at radius 2 is 2.26 bits per heavy atom. The highest BCUT2D eigenvalue weighted by Gasteiger charge is 2.17. The standard InChI is InChI=1S/C16H19NOS/c17-16-5-1-3-12-6-7-13(11-15(12)16)18-9-8-14-4-2-10-19-14/h2,4,6-7,10-11,16H,1,3,5,8-9,17H2/t16-/m1/s1. The third kappa shape index (κ3) is 2.99. The van der Waals surface area contributed by atoms with Crippen molar-refractivity contribution in [2.45, 2.75) is 31.7 Å². The molecular weight excluding hydrogens is 254 g/mol.